The Bertz CT molecular complexity index is 990. The average molecular weight is 478 g/mol. The van der Waals surface area contributed by atoms with E-state index in [0.717, 1.165) is 29.5 Å². The number of sulfonamides is 1. The molecular weight excluding hydrogens is 454 g/mol. The summed E-state index contributed by atoms with van der Waals surface area (Å²) in [5.74, 6) is 0.259. The molecule has 1 atom stereocenters. The van der Waals surface area contributed by atoms with Gasteiger partial charge in [-0.25, -0.2) is 13.1 Å². The molecule has 0 bridgehead atoms. The third kappa shape index (κ3) is 5.91. The first-order valence-corrected chi connectivity index (χ1v) is 11.6. The summed E-state index contributed by atoms with van der Waals surface area (Å²) >= 11 is 3.50. The van der Waals surface area contributed by atoms with E-state index in [2.05, 4.69) is 43.0 Å². The van der Waals surface area contributed by atoms with Crippen LogP contribution in [0.15, 0.2) is 64.0 Å². The number of anilines is 1. The summed E-state index contributed by atoms with van der Waals surface area (Å²) in [6, 6.07) is 14.6. The van der Waals surface area contributed by atoms with Gasteiger partial charge >= 0.3 is 0 Å². The molecule has 1 saturated heterocycles. The maximum atomic E-state index is 12.1. The predicted molar refractivity (Wildman–Crippen MR) is 119 cm³/mol. The summed E-state index contributed by atoms with van der Waals surface area (Å²) in [4.78, 5) is 14.6. The van der Waals surface area contributed by atoms with Gasteiger partial charge in [-0.1, -0.05) is 34.1 Å². The number of hydrogen-bond donors (Lipinski definition) is 2. The van der Waals surface area contributed by atoms with Crippen LogP contribution in [0.2, 0.25) is 0 Å². The van der Waals surface area contributed by atoms with E-state index in [1.807, 2.05) is 12.1 Å². The minimum absolute atomic E-state index is 0.155. The molecule has 8 heteroatoms. The molecule has 0 aliphatic carbocycles. The van der Waals surface area contributed by atoms with E-state index in [0.29, 0.717) is 12.5 Å². The van der Waals surface area contributed by atoms with Crippen molar-refractivity contribution in [3.05, 3.63) is 64.6 Å². The van der Waals surface area contributed by atoms with Gasteiger partial charge in [0.05, 0.1) is 4.90 Å². The second-order valence-corrected chi connectivity index (χ2v) is 9.74. The maximum Gasteiger partial charge on any atom is 0.244 e. The van der Waals surface area contributed by atoms with Crippen LogP contribution in [-0.2, 0) is 14.8 Å². The Hall–Kier alpha value is -2.16. The van der Waals surface area contributed by atoms with Crippen LogP contribution in [0.5, 0.6) is 0 Å². The van der Waals surface area contributed by atoms with E-state index < -0.39 is 10.0 Å². The molecule has 1 aliphatic heterocycles. The summed E-state index contributed by atoms with van der Waals surface area (Å²) in [6.07, 6.45) is 4.19. The molecular formula is C21H24BrN3O3S. The van der Waals surface area contributed by atoms with Crippen LogP contribution in [0, 0.1) is 5.92 Å². The van der Waals surface area contributed by atoms with Gasteiger partial charge in [0.1, 0.15) is 0 Å². The lowest BCUT2D eigenvalue weighted by Gasteiger charge is -2.19. The van der Waals surface area contributed by atoms with Gasteiger partial charge in [-0.05, 0) is 61.4 Å². The number of carbonyl (C=O) groups is 1. The first-order valence-electron chi connectivity index (χ1n) is 9.37. The number of nitrogens with zero attached hydrogens (tertiary/aromatic N) is 1. The molecule has 154 valence electrons. The number of benzene rings is 2. The van der Waals surface area contributed by atoms with Crippen LogP contribution in [0.4, 0.5) is 5.69 Å². The van der Waals surface area contributed by atoms with Crippen LogP contribution < -0.4 is 14.9 Å². The molecule has 2 aromatic rings. The van der Waals surface area contributed by atoms with Crippen LogP contribution in [-0.4, -0.2) is 41.0 Å². The van der Waals surface area contributed by atoms with Crippen molar-refractivity contribution in [1.29, 1.82) is 0 Å². The minimum Gasteiger partial charge on any atom is -0.371 e. The molecule has 0 spiro atoms. The van der Waals surface area contributed by atoms with Gasteiger partial charge in [-0.2, -0.15) is 0 Å². The zero-order chi connectivity index (χ0) is 20.9. The fourth-order valence-electron chi connectivity index (χ4n) is 3.26. The highest BCUT2D eigenvalue weighted by atomic mass is 79.9. The summed E-state index contributed by atoms with van der Waals surface area (Å²) in [5, 5.41) is 2.96. The van der Waals surface area contributed by atoms with Crippen molar-refractivity contribution in [2.45, 2.75) is 11.3 Å². The number of rotatable bonds is 7. The van der Waals surface area contributed by atoms with Gasteiger partial charge in [-0.3, -0.25) is 4.79 Å². The number of nitrogens with one attached hydrogen (secondary N) is 2. The van der Waals surface area contributed by atoms with E-state index in [4.69, 9.17) is 0 Å². The molecule has 2 N–H and O–H groups in total. The first-order chi connectivity index (χ1) is 13.9. The lowest BCUT2D eigenvalue weighted by molar-refractivity contribution is -0.116. The van der Waals surface area contributed by atoms with Crippen molar-refractivity contribution in [3.8, 4) is 0 Å². The molecule has 1 heterocycles. The molecule has 1 fully saturated rings. The Labute approximate surface area is 180 Å². The Morgan fingerprint density at radius 1 is 1.24 bits per heavy atom. The van der Waals surface area contributed by atoms with E-state index >= 15 is 0 Å². The number of carbonyl (C=O) groups excluding carboxylic acids is 1. The topological polar surface area (TPSA) is 78.5 Å². The maximum absolute atomic E-state index is 12.1. The Morgan fingerprint density at radius 2 is 2.00 bits per heavy atom. The fourth-order valence-corrected chi connectivity index (χ4v) is 4.38. The third-order valence-electron chi connectivity index (χ3n) is 4.91. The van der Waals surface area contributed by atoms with E-state index in [-0.39, 0.29) is 10.8 Å². The SMILES string of the molecule is CNS(=O)(=O)c1ccc(/C=C/C(=O)NCC2CCN(c3cccc(Br)c3)C2)cc1. The predicted octanol–water partition coefficient (Wildman–Crippen LogP) is 3.01. The molecule has 0 radical (unpaired) electrons. The largest absolute Gasteiger partial charge is 0.371 e. The zero-order valence-corrected chi connectivity index (χ0v) is 18.5. The van der Waals surface area contributed by atoms with Crippen molar-refractivity contribution in [2.24, 2.45) is 5.92 Å². The number of halogens is 1. The zero-order valence-electron chi connectivity index (χ0n) is 16.1. The van der Waals surface area contributed by atoms with Gasteiger partial charge in [0.2, 0.25) is 15.9 Å². The Balaban J connectivity index is 1.48. The van der Waals surface area contributed by atoms with Gasteiger partial charge in [0.25, 0.3) is 0 Å². The second-order valence-electron chi connectivity index (χ2n) is 6.94. The monoisotopic (exact) mass is 477 g/mol. The van der Waals surface area contributed by atoms with E-state index in [1.165, 1.54) is 30.9 Å². The van der Waals surface area contributed by atoms with Crippen molar-refractivity contribution < 1.29 is 13.2 Å². The van der Waals surface area contributed by atoms with Gasteiger partial charge in [-0.15, -0.1) is 0 Å². The average Bonchev–Trinajstić information content (AvgIpc) is 3.20. The van der Waals surface area contributed by atoms with Crippen molar-refractivity contribution >= 4 is 43.6 Å². The lowest BCUT2D eigenvalue weighted by Crippen LogP contribution is -2.29. The molecule has 29 heavy (non-hydrogen) atoms. The summed E-state index contributed by atoms with van der Waals surface area (Å²) in [5.41, 5.74) is 1.95. The van der Waals surface area contributed by atoms with E-state index in [9.17, 15) is 13.2 Å². The summed E-state index contributed by atoms with van der Waals surface area (Å²) < 4.78 is 26.8. The second kappa shape index (κ2) is 9.56. The van der Waals surface area contributed by atoms with Crippen LogP contribution >= 0.6 is 15.9 Å². The van der Waals surface area contributed by atoms with Crippen LogP contribution in [0.1, 0.15) is 12.0 Å². The molecule has 3 rings (SSSR count). The van der Waals surface area contributed by atoms with Gasteiger partial charge in [0, 0.05) is 35.9 Å². The summed E-state index contributed by atoms with van der Waals surface area (Å²) in [6.45, 7) is 2.53. The highest BCUT2D eigenvalue weighted by Crippen LogP contribution is 2.25. The minimum atomic E-state index is -3.45. The van der Waals surface area contributed by atoms with Crippen LogP contribution in [0.3, 0.4) is 0 Å². The smallest absolute Gasteiger partial charge is 0.244 e. The van der Waals surface area contributed by atoms with E-state index in [1.54, 1.807) is 18.2 Å². The summed E-state index contributed by atoms with van der Waals surface area (Å²) in [7, 11) is -2.08. The molecule has 6 nitrogen and oxygen atoms in total. The molecule has 1 aliphatic rings. The van der Waals surface area contributed by atoms with Gasteiger partial charge in [0.15, 0.2) is 0 Å². The third-order valence-corrected chi connectivity index (χ3v) is 6.83. The van der Waals surface area contributed by atoms with Crippen molar-refractivity contribution in [3.63, 3.8) is 0 Å². The molecule has 0 saturated carbocycles. The first kappa shape index (κ1) is 21.5. The molecule has 1 amide bonds. The Kier molecular flexibility index (Phi) is 7.10. The molecule has 0 aromatic heterocycles. The van der Waals surface area contributed by atoms with Gasteiger partial charge < -0.3 is 10.2 Å². The standard InChI is InChI=1S/C21H24BrN3O3S/c1-23-29(27,28)20-8-5-16(6-9-20)7-10-21(26)24-14-17-11-12-25(15-17)19-4-2-3-18(22)13-19/h2-10,13,17,23H,11-12,14-15H2,1H3,(H,24,26)/b10-7+. The highest BCUT2D eigenvalue weighted by Gasteiger charge is 2.22. The Morgan fingerprint density at radius 3 is 2.69 bits per heavy atom. The quantitative estimate of drug-likeness (QED) is 0.600. The molecule has 1 unspecified atom stereocenters. The van der Waals surface area contributed by atoms with Crippen molar-refractivity contribution in [2.75, 3.05) is 31.6 Å². The van der Waals surface area contributed by atoms with Crippen LogP contribution in [0.25, 0.3) is 6.08 Å². The lowest BCUT2D eigenvalue weighted by atomic mass is 10.1. The molecule has 2 aromatic carbocycles. The highest BCUT2D eigenvalue weighted by molar-refractivity contribution is 9.10. The fraction of sp³-hybridized carbons (Fsp3) is 0.286. The van der Waals surface area contributed by atoms with Crippen molar-refractivity contribution in [1.82, 2.24) is 10.0 Å². The number of amides is 1. The normalized spacial score (nSPS) is 17.0. The number of hydrogen-bond acceptors (Lipinski definition) is 4.